The van der Waals surface area contributed by atoms with Crippen LogP contribution in [-0.4, -0.2) is 32.2 Å². The molecule has 23 heavy (non-hydrogen) atoms. The van der Waals surface area contributed by atoms with Crippen molar-refractivity contribution in [2.45, 2.75) is 4.90 Å². The predicted molar refractivity (Wildman–Crippen MR) is 94.0 cm³/mol. The fourth-order valence-electron chi connectivity index (χ4n) is 1.81. The van der Waals surface area contributed by atoms with Crippen LogP contribution in [0.2, 0.25) is 5.02 Å². The fourth-order valence-corrected chi connectivity index (χ4v) is 3.32. The van der Waals surface area contributed by atoms with Gasteiger partial charge in [0.2, 0.25) is 15.9 Å². The van der Waals surface area contributed by atoms with Crippen molar-refractivity contribution in [3.8, 4) is 0 Å². The number of carbonyl (C=O) groups is 1. The van der Waals surface area contributed by atoms with Crippen LogP contribution in [0.4, 0.5) is 5.69 Å². The molecule has 0 saturated heterocycles. The molecule has 5 nitrogen and oxygen atoms in total. The second-order valence-corrected chi connectivity index (χ2v) is 8.17. The summed E-state index contributed by atoms with van der Waals surface area (Å²) in [5.74, 6) is -0.435. The van der Waals surface area contributed by atoms with E-state index in [2.05, 4.69) is 21.2 Å². The first-order chi connectivity index (χ1) is 10.8. The van der Waals surface area contributed by atoms with Crippen molar-refractivity contribution < 1.29 is 13.2 Å². The van der Waals surface area contributed by atoms with Crippen molar-refractivity contribution in [3.63, 3.8) is 0 Å². The third-order valence-corrected chi connectivity index (χ3v) is 5.61. The SMILES string of the molecule is CN(CC(=O)Nc1ccc(Cl)cc1)S(=O)(=O)c1ccc(Br)cc1. The van der Waals surface area contributed by atoms with Crippen LogP contribution >= 0.6 is 27.5 Å². The molecular weight excluding hydrogens is 404 g/mol. The Morgan fingerprint density at radius 2 is 1.70 bits per heavy atom. The number of nitrogens with zero attached hydrogens (tertiary/aromatic N) is 1. The molecule has 0 aliphatic heterocycles. The zero-order valence-electron chi connectivity index (χ0n) is 12.2. The van der Waals surface area contributed by atoms with E-state index in [1.165, 1.54) is 19.2 Å². The second-order valence-electron chi connectivity index (χ2n) is 4.77. The third-order valence-electron chi connectivity index (χ3n) is 3.02. The van der Waals surface area contributed by atoms with Gasteiger partial charge in [-0.15, -0.1) is 0 Å². The standard InChI is InChI=1S/C15H14BrClN2O3S/c1-19(23(21,22)14-8-2-11(16)3-9-14)10-15(20)18-13-6-4-12(17)5-7-13/h2-9H,10H2,1H3,(H,18,20). The number of anilines is 1. The van der Waals surface area contributed by atoms with Crippen LogP contribution in [0.3, 0.4) is 0 Å². The molecule has 0 saturated carbocycles. The lowest BCUT2D eigenvalue weighted by atomic mass is 10.3. The van der Waals surface area contributed by atoms with Crippen molar-refractivity contribution >= 4 is 49.1 Å². The largest absolute Gasteiger partial charge is 0.325 e. The molecule has 122 valence electrons. The zero-order chi connectivity index (χ0) is 17.0. The molecule has 0 bridgehead atoms. The van der Waals surface area contributed by atoms with E-state index in [-0.39, 0.29) is 11.4 Å². The van der Waals surface area contributed by atoms with Gasteiger partial charge in [0, 0.05) is 22.2 Å². The Balaban J connectivity index is 2.05. The Kier molecular flexibility index (Phi) is 5.80. The summed E-state index contributed by atoms with van der Waals surface area (Å²) in [6.07, 6.45) is 0. The molecule has 0 heterocycles. The Morgan fingerprint density at radius 3 is 2.26 bits per heavy atom. The van der Waals surface area contributed by atoms with Gasteiger partial charge in [-0.3, -0.25) is 4.79 Å². The number of rotatable bonds is 5. The summed E-state index contributed by atoms with van der Waals surface area (Å²) in [6, 6.07) is 12.8. The maximum atomic E-state index is 12.4. The first kappa shape index (κ1) is 17.9. The summed E-state index contributed by atoms with van der Waals surface area (Å²) in [5.41, 5.74) is 0.550. The molecule has 2 aromatic carbocycles. The number of halogens is 2. The third kappa shape index (κ3) is 4.78. The van der Waals surface area contributed by atoms with E-state index >= 15 is 0 Å². The molecule has 0 radical (unpaired) electrons. The van der Waals surface area contributed by atoms with Crippen LogP contribution in [0.15, 0.2) is 57.9 Å². The first-order valence-corrected chi connectivity index (χ1v) is 9.17. The summed E-state index contributed by atoms with van der Waals surface area (Å²) in [5, 5.41) is 3.18. The van der Waals surface area contributed by atoms with Crippen LogP contribution in [0.25, 0.3) is 0 Å². The van der Waals surface area contributed by atoms with Gasteiger partial charge in [-0.05, 0) is 48.5 Å². The number of hydrogen-bond donors (Lipinski definition) is 1. The number of carbonyl (C=O) groups excluding carboxylic acids is 1. The van der Waals surface area contributed by atoms with E-state index in [0.29, 0.717) is 10.7 Å². The maximum Gasteiger partial charge on any atom is 0.243 e. The van der Waals surface area contributed by atoms with Crippen LogP contribution in [0.5, 0.6) is 0 Å². The number of amides is 1. The lowest BCUT2D eigenvalue weighted by Gasteiger charge is -2.17. The molecule has 2 aromatic rings. The smallest absolute Gasteiger partial charge is 0.243 e. The molecule has 0 aromatic heterocycles. The summed E-state index contributed by atoms with van der Waals surface area (Å²) in [4.78, 5) is 12.1. The molecule has 0 aliphatic carbocycles. The number of nitrogens with one attached hydrogen (secondary N) is 1. The molecule has 0 aliphatic rings. The van der Waals surface area contributed by atoms with E-state index in [9.17, 15) is 13.2 Å². The highest BCUT2D eigenvalue weighted by molar-refractivity contribution is 9.10. The fraction of sp³-hybridized carbons (Fsp3) is 0.133. The Bertz CT molecular complexity index is 792. The summed E-state index contributed by atoms with van der Waals surface area (Å²) in [6.45, 7) is -0.291. The van der Waals surface area contributed by atoms with Crippen LogP contribution in [0, 0.1) is 0 Å². The lowest BCUT2D eigenvalue weighted by molar-refractivity contribution is -0.116. The first-order valence-electron chi connectivity index (χ1n) is 6.56. The zero-order valence-corrected chi connectivity index (χ0v) is 15.3. The van der Waals surface area contributed by atoms with Crippen molar-refractivity contribution in [2.75, 3.05) is 18.9 Å². The van der Waals surface area contributed by atoms with Gasteiger partial charge in [-0.2, -0.15) is 4.31 Å². The monoisotopic (exact) mass is 416 g/mol. The molecule has 0 atom stereocenters. The second kappa shape index (κ2) is 7.44. The summed E-state index contributed by atoms with van der Waals surface area (Å²) in [7, 11) is -2.36. The van der Waals surface area contributed by atoms with Gasteiger partial charge in [0.25, 0.3) is 0 Å². The van der Waals surface area contributed by atoms with Gasteiger partial charge in [0.05, 0.1) is 11.4 Å². The molecule has 0 spiro atoms. The molecule has 1 amide bonds. The number of benzene rings is 2. The topological polar surface area (TPSA) is 66.5 Å². The highest BCUT2D eigenvalue weighted by atomic mass is 79.9. The van der Waals surface area contributed by atoms with E-state index in [0.717, 1.165) is 8.78 Å². The highest BCUT2D eigenvalue weighted by Gasteiger charge is 2.22. The van der Waals surface area contributed by atoms with E-state index in [4.69, 9.17) is 11.6 Å². The summed E-state index contributed by atoms with van der Waals surface area (Å²) < 4.78 is 26.6. The molecular formula is C15H14BrClN2O3S. The molecule has 8 heteroatoms. The van der Waals surface area contributed by atoms with Gasteiger partial charge in [-0.1, -0.05) is 27.5 Å². The van der Waals surface area contributed by atoms with Crippen molar-refractivity contribution in [2.24, 2.45) is 0 Å². The minimum atomic E-state index is -3.72. The van der Waals surface area contributed by atoms with Crippen LogP contribution < -0.4 is 5.32 Å². The quantitative estimate of drug-likeness (QED) is 0.811. The van der Waals surface area contributed by atoms with Gasteiger partial charge in [0.1, 0.15) is 0 Å². The number of likely N-dealkylation sites (N-methyl/N-ethyl adjacent to an activating group) is 1. The van der Waals surface area contributed by atoms with E-state index < -0.39 is 15.9 Å². The van der Waals surface area contributed by atoms with Gasteiger partial charge in [-0.25, -0.2) is 8.42 Å². The normalized spacial score (nSPS) is 11.5. The Hall–Kier alpha value is -1.41. The highest BCUT2D eigenvalue weighted by Crippen LogP contribution is 2.18. The van der Waals surface area contributed by atoms with Crippen LogP contribution in [0.1, 0.15) is 0 Å². The van der Waals surface area contributed by atoms with Crippen LogP contribution in [-0.2, 0) is 14.8 Å². The van der Waals surface area contributed by atoms with Gasteiger partial charge < -0.3 is 5.32 Å². The molecule has 0 fully saturated rings. The Labute approximate surface area is 148 Å². The lowest BCUT2D eigenvalue weighted by Crippen LogP contribution is -2.34. The average Bonchev–Trinajstić information content (AvgIpc) is 2.50. The van der Waals surface area contributed by atoms with Crippen molar-refractivity contribution in [1.82, 2.24) is 4.31 Å². The minimum Gasteiger partial charge on any atom is -0.325 e. The Morgan fingerprint density at radius 1 is 1.13 bits per heavy atom. The van der Waals surface area contributed by atoms with Crippen molar-refractivity contribution in [1.29, 1.82) is 0 Å². The average molecular weight is 418 g/mol. The number of hydrogen-bond acceptors (Lipinski definition) is 3. The predicted octanol–water partition coefficient (Wildman–Crippen LogP) is 3.36. The van der Waals surface area contributed by atoms with Gasteiger partial charge in [0.15, 0.2) is 0 Å². The summed E-state index contributed by atoms with van der Waals surface area (Å²) >= 11 is 9.02. The molecule has 2 rings (SSSR count). The van der Waals surface area contributed by atoms with E-state index in [1.54, 1.807) is 36.4 Å². The molecule has 0 unspecified atom stereocenters. The van der Waals surface area contributed by atoms with Crippen molar-refractivity contribution in [3.05, 3.63) is 58.0 Å². The molecule has 1 N–H and O–H groups in total. The van der Waals surface area contributed by atoms with Gasteiger partial charge >= 0.3 is 0 Å². The van der Waals surface area contributed by atoms with E-state index in [1.807, 2.05) is 0 Å². The minimum absolute atomic E-state index is 0.127. The maximum absolute atomic E-state index is 12.4. The number of sulfonamides is 1.